The van der Waals surface area contributed by atoms with E-state index in [4.69, 9.17) is 10.6 Å². The summed E-state index contributed by atoms with van der Waals surface area (Å²) in [5, 5.41) is 67.4. The largest absolute Gasteiger partial charge is 0.504 e. The number of aliphatic carboxylic acids is 1. The molecule has 4 aromatic rings. The summed E-state index contributed by atoms with van der Waals surface area (Å²) in [6.45, 7) is -0.697. The van der Waals surface area contributed by atoms with Gasteiger partial charge >= 0.3 is 5.97 Å². The second kappa shape index (κ2) is 12.7. The van der Waals surface area contributed by atoms with Crippen molar-refractivity contribution in [3.8, 4) is 34.4 Å². The van der Waals surface area contributed by atoms with Crippen LogP contribution < -0.4 is 11.1 Å². The van der Waals surface area contributed by atoms with Gasteiger partial charge in [0.1, 0.15) is 29.4 Å². The summed E-state index contributed by atoms with van der Waals surface area (Å²) in [6, 6.07) is 4.96. The zero-order valence-electron chi connectivity index (χ0n) is 24.0. The number of nitrogen functional groups attached to an aromatic ring is 1. The Bertz CT molecular complexity index is 2030. The maximum absolute atomic E-state index is 14.3. The molecule has 1 fully saturated rings. The number of aromatic nitrogens is 5. The van der Waals surface area contributed by atoms with Crippen molar-refractivity contribution in [3.63, 3.8) is 0 Å². The molecule has 0 aliphatic carbocycles. The number of fused-ring (bicyclic) bond motifs is 1. The minimum absolute atomic E-state index is 0.0143. The normalized spacial score (nSPS) is 17.6. The van der Waals surface area contributed by atoms with Crippen LogP contribution in [-0.2, 0) is 32.4 Å². The van der Waals surface area contributed by atoms with Gasteiger partial charge in [-0.2, -0.15) is 4.80 Å². The first-order valence-electron chi connectivity index (χ1n) is 13.5. The van der Waals surface area contributed by atoms with Crippen LogP contribution in [0.25, 0.3) is 11.4 Å². The Morgan fingerprint density at radius 1 is 1.15 bits per heavy atom. The van der Waals surface area contributed by atoms with Gasteiger partial charge in [0.2, 0.25) is 5.82 Å². The van der Waals surface area contributed by atoms with Gasteiger partial charge in [-0.3, -0.25) is 14.5 Å². The van der Waals surface area contributed by atoms with E-state index < -0.39 is 58.8 Å². The number of nitrogens with two attached hydrogens (primary N) is 1. The number of nitrogens with one attached hydrogen (secondary N) is 1. The number of phenolic OH excluding ortho intramolecular Hbond substituents is 4. The number of halogens is 1. The van der Waals surface area contributed by atoms with E-state index in [9.17, 15) is 44.3 Å². The number of phenols is 4. The molecular formula is C27H22FN9O9S2. The number of carboxylic acid groups (broad SMARTS) is 1. The standard InChI is InChI=1S/C27H22FN9O9S2/c28-17-11(2-4-15(39)21(17)41)7-46-34-18(13-9-48-27(29)30-13)23(42)31-19-24(43)37-20(26(44)45)12(8-47-25(19)37)6-36-33-22(32-35-36)10-1-3-14(38)16(40)5-10/h1-5,9,19,25,38-41H,6-8H2,(H2,29,30)(H,31,42)(H,44,45)/b34-18-/t19-,25-/m1/s1. The number of carboxylic acids is 1. The minimum atomic E-state index is -1.39. The van der Waals surface area contributed by atoms with Crippen molar-refractivity contribution >= 4 is 51.7 Å². The summed E-state index contributed by atoms with van der Waals surface area (Å²) < 4.78 is 14.3. The first kappa shape index (κ1) is 32.0. The van der Waals surface area contributed by atoms with Crippen LogP contribution in [0, 0.1) is 5.82 Å². The third-order valence-corrected chi connectivity index (χ3v) is 9.10. The van der Waals surface area contributed by atoms with Gasteiger partial charge in [-0.15, -0.1) is 33.3 Å². The van der Waals surface area contributed by atoms with E-state index in [1.54, 1.807) is 0 Å². The quantitative estimate of drug-likeness (QED) is 0.0519. The van der Waals surface area contributed by atoms with Gasteiger partial charge in [0.25, 0.3) is 11.8 Å². The molecule has 2 atom stereocenters. The lowest BCUT2D eigenvalue weighted by Crippen LogP contribution is -2.71. The van der Waals surface area contributed by atoms with E-state index in [1.807, 2.05) is 0 Å². The van der Waals surface area contributed by atoms with Crippen molar-refractivity contribution < 1.29 is 49.1 Å². The highest BCUT2D eigenvalue weighted by Gasteiger charge is 2.54. The number of anilines is 1. The number of β-lactam (4-membered cyclic amide) rings is 1. The number of nitrogens with zero attached hydrogens (tertiary/aromatic N) is 7. The van der Waals surface area contributed by atoms with Crippen LogP contribution in [0.5, 0.6) is 23.0 Å². The van der Waals surface area contributed by atoms with Crippen LogP contribution in [0.4, 0.5) is 9.52 Å². The number of hydrogen-bond acceptors (Lipinski definition) is 16. The van der Waals surface area contributed by atoms with E-state index in [2.05, 4.69) is 30.9 Å². The van der Waals surface area contributed by atoms with Gasteiger partial charge in [0.15, 0.2) is 39.7 Å². The average Bonchev–Trinajstić information content (AvgIpc) is 3.71. The highest BCUT2D eigenvalue weighted by molar-refractivity contribution is 8.00. The summed E-state index contributed by atoms with van der Waals surface area (Å²) in [7, 11) is 0. The lowest BCUT2D eigenvalue weighted by molar-refractivity contribution is -0.150. The van der Waals surface area contributed by atoms with Gasteiger partial charge in [0.05, 0.1) is 6.54 Å². The Hall–Kier alpha value is -5.96. The molecule has 48 heavy (non-hydrogen) atoms. The number of benzene rings is 2. The molecule has 8 N–H and O–H groups in total. The molecule has 0 radical (unpaired) electrons. The second-order valence-electron chi connectivity index (χ2n) is 10.2. The Kier molecular flexibility index (Phi) is 8.45. The number of carbonyl (C=O) groups is 3. The fourth-order valence-electron chi connectivity index (χ4n) is 4.75. The molecule has 4 heterocycles. The van der Waals surface area contributed by atoms with Gasteiger partial charge < -0.3 is 41.4 Å². The zero-order chi connectivity index (χ0) is 34.3. The first-order chi connectivity index (χ1) is 22.9. The predicted octanol–water partition coefficient (Wildman–Crippen LogP) is 0.700. The number of amides is 2. The number of aromatic hydroxyl groups is 4. The topological polar surface area (TPSA) is 272 Å². The first-order valence-corrected chi connectivity index (χ1v) is 15.5. The number of thiazole rings is 1. The number of oxime groups is 1. The highest BCUT2D eigenvalue weighted by atomic mass is 32.2. The van der Waals surface area contributed by atoms with E-state index in [0.717, 1.165) is 33.2 Å². The van der Waals surface area contributed by atoms with Gasteiger partial charge in [0, 0.05) is 22.3 Å². The van der Waals surface area contributed by atoms with Crippen molar-refractivity contribution in [1.29, 1.82) is 0 Å². The molecular weight excluding hydrogens is 677 g/mol. The van der Waals surface area contributed by atoms with E-state index in [-0.39, 0.29) is 51.7 Å². The summed E-state index contributed by atoms with van der Waals surface area (Å²) in [5.41, 5.74) is 5.43. The van der Waals surface area contributed by atoms with Gasteiger partial charge in [-0.05, 0) is 41.1 Å². The van der Waals surface area contributed by atoms with Crippen molar-refractivity contribution in [2.75, 3.05) is 11.5 Å². The lowest BCUT2D eigenvalue weighted by atomic mass is 10.0. The van der Waals surface area contributed by atoms with Crippen LogP contribution in [0.1, 0.15) is 11.3 Å². The monoisotopic (exact) mass is 699 g/mol. The molecule has 2 amide bonds. The van der Waals surface area contributed by atoms with Gasteiger partial charge in [-0.25, -0.2) is 14.2 Å². The molecule has 2 aliphatic rings. The van der Waals surface area contributed by atoms with Crippen LogP contribution in [-0.4, -0.2) is 96.3 Å². The Morgan fingerprint density at radius 3 is 2.62 bits per heavy atom. The van der Waals surface area contributed by atoms with Crippen LogP contribution in [0.2, 0.25) is 0 Å². The lowest BCUT2D eigenvalue weighted by Gasteiger charge is -2.49. The minimum Gasteiger partial charge on any atom is -0.504 e. The number of carbonyl (C=O) groups excluding carboxylic acids is 2. The molecule has 2 aromatic heterocycles. The summed E-state index contributed by atoms with van der Waals surface area (Å²) >= 11 is 2.17. The predicted molar refractivity (Wildman–Crippen MR) is 164 cm³/mol. The van der Waals surface area contributed by atoms with E-state index >= 15 is 0 Å². The average molecular weight is 700 g/mol. The zero-order valence-corrected chi connectivity index (χ0v) is 25.6. The molecule has 0 spiro atoms. The van der Waals surface area contributed by atoms with Gasteiger partial charge in [-0.1, -0.05) is 5.16 Å². The molecule has 2 aliphatic heterocycles. The summed E-state index contributed by atoms with van der Waals surface area (Å²) in [4.78, 5) is 50.3. The number of tetrazole rings is 1. The highest BCUT2D eigenvalue weighted by Crippen LogP contribution is 2.41. The second-order valence-corrected chi connectivity index (χ2v) is 12.2. The summed E-state index contributed by atoms with van der Waals surface area (Å²) in [6.07, 6.45) is 0. The third-order valence-electron chi connectivity index (χ3n) is 7.09. The molecule has 2 aromatic carbocycles. The summed E-state index contributed by atoms with van der Waals surface area (Å²) in [5.74, 6) is -6.35. The van der Waals surface area contributed by atoms with Crippen molar-refractivity contribution in [3.05, 3.63) is 64.1 Å². The maximum atomic E-state index is 14.3. The van der Waals surface area contributed by atoms with E-state index in [1.165, 1.54) is 35.3 Å². The smallest absolute Gasteiger partial charge is 0.352 e. The van der Waals surface area contributed by atoms with Crippen LogP contribution >= 0.6 is 23.1 Å². The van der Waals surface area contributed by atoms with Crippen LogP contribution in [0.15, 0.2) is 52.1 Å². The number of rotatable bonds is 10. The van der Waals surface area contributed by atoms with E-state index in [0.29, 0.717) is 11.1 Å². The molecule has 21 heteroatoms. The molecule has 1 saturated heterocycles. The Balaban J connectivity index is 1.17. The van der Waals surface area contributed by atoms with Crippen LogP contribution in [0.3, 0.4) is 0 Å². The molecule has 6 rings (SSSR count). The van der Waals surface area contributed by atoms with Crippen molar-refractivity contribution in [2.45, 2.75) is 24.6 Å². The van der Waals surface area contributed by atoms with Crippen molar-refractivity contribution in [2.24, 2.45) is 5.16 Å². The molecule has 0 saturated carbocycles. The Morgan fingerprint density at radius 2 is 1.92 bits per heavy atom. The fourth-order valence-corrected chi connectivity index (χ4v) is 6.63. The number of thioether (sulfide) groups is 1. The molecule has 0 unspecified atom stereocenters. The molecule has 0 bridgehead atoms. The maximum Gasteiger partial charge on any atom is 0.352 e. The third kappa shape index (κ3) is 5.98. The SMILES string of the molecule is Nc1nc(/C(=N/OCc2ccc(O)c(O)c2F)C(=O)N[C@@H]2C(=O)N3C(C(=O)O)=C(Cn4nnc(-c5ccc(O)c(O)c5)n4)CS[C@H]23)cs1. The fraction of sp³-hybridized carbons (Fsp3) is 0.185. The molecule has 248 valence electrons. The molecule has 18 nitrogen and oxygen atoms in total. The Labute approximate surface area is 275 Å². The number of hydrogen-bond donors (Lipinski definition) is 7. The van der Waals surface area contributed by atoms with Crippen molar-refractivity contribution in [1.82, 2.24) is 35.4 Å².